The average Bonchev–Trinajstić information content (AvgIpc) is 2.63. The van der Waals surface area contributed by atoms with Crippen LogP contribution in [0.5, 0.6) is 0 Å². The van der Waals surface area contributed by atoms with Crippen molar-refractivity contribution in [3.8, 4) is 0 Å². The number of halogens is 2. The number of hydrogen-bond acceptors (Lipinski definition) is 4. The Balaban J connectivity index is 1.96. The van der Waals surface area contributed by atoms with Crippen LogP contribution in [0.25, 0.3) is 6.08 Å². The molecule has 136 valence electrons. The van der Waals surface area contributed by atoms with E-state index in [0.717, 1.165) is 4.90 Å². The quantitative estimate of drug-likeness (QED) is 0.413. The van der Waals surface area contributed by atoms with Gasteiger partial charge in [0.05, 0.1) is 22.6 Å². The summed E-state index contributed by atoms with van der Waals surface area (Å²) in [6, 6.07) is 3.73. The van der Waals surface area contributed by atoms with Gasteiger partial charge in [-0.1, -0.05) is 29.3 Å². The van der Waals surface area contributed by atoms with Crippen LogP contribution in [0.1, 0.15) is 25.3 Å². The Morgan fingerprint density at radius 3 is 2.56 bits per heavy atom. The second-order valence-electron chi connectivity index (χ2n) is 5.67. The highest BCUT2D eigenvalue weighted by Crippen LogP contribution is 2.35. The first kappa shape index (κ1) is 20.1. The lowest BCUT2D eigenvalue weighted by molar-refractivity contribution is -0.150. The molecule has 25 heavy (non-hydrogen) atoms. The summed E-state index contributed by atoms with van der Waals surface area (Å²) in [7, 11) is 0. The Kier molecular flexibility index (Phi) is 7.66. The third-order valence-electron chi connectivity index (χ3n) is 4.13. The Labute approximate surface area is 162 Å². The maximum absolute atomic E-state index is 12.3. The number of nitrogens with zero attached hydrogens (tertiary/aromatic N) is 1. The Hall–Kier alpha value is -1.17. The Bertz CT molecular complexity index is 671. The highest BCUT2D eigenvalue weighted by molar-refractivity contribution is 7.98. The van der Waals surface area contributed by atoms with Gasteiger partial charge in [0.15, 0.2) is 0 Å². The fourth-order valence-electron chi connectivity index (χ4n) is 2.70. The maximum Gasteiger partial charge on any atom is 0.309 e. The van der Waals surface area contributed by atoms with E-state index in [9.17, 15) is 9.59 Å². The van der Waals surface area contributed by atoms with Gasteiger partial charge in [0, 0.05) is 24.1 Å². The molecule has 1 aliphatic rings. The normalized spacial score (nSPS) is 15.6. The van der Waals surface area contributed by atoms with E-state index in [4.69, 9.17) is 27.9 Å². The monoisotopic (exact) mass is 401 g/mol. The third kappa shape index (κ3) is 5.16. The van der Waals surface area contributed by atoms with Crippen LogP contribution < -0.4 is 0 Å². The summed E-state index contributed by atoms with van der Waals surface area (Å²) in [6.07, 6.45) is 6.37. The third-order valence-corrected chi connectivity index (χ3v) is 5.92. The fraction of sp³-hybridized carbons (Fsp3) is 0.444. The Morgan fingerprint density at radius 2 is 1.96 bits per heavy atom. The SMILES string of the molecule is CCOC(=O)C1CCN(C(=O)/C=C/c2ccc(SC)c(Cl)c2Cl)CC1. The van der Waals surface area contributed by atoms with E-state index in [1.54, 1.807) is 17.9 Å². The zero-order valence-corrected chi connectivity index (χ0v) is 16.6. The summed E-state index contributed by atoms with van der Waals surface area (Å²) >= 11 is 14.0. The number of esters is 1. The smallest absolute Gasteiger partial charge is 0.309 e. The molecule has 0 spiro atoms. The number of amides is 1. The molecule has 7 heteroatoms. The molecule has 1 amide bonds. The molecule has 0 aromatic heterocycles. The first-order valence-electron chi connectivity index (χ1n) is 8.13. The van der Waals surface area contributed by atoms with Gasteiger partial charge in [0.25, 0.3) is 0 Å². The summed E-state index contributed by atoms with van der Waals surface area (Å²) in [5.74, 6) is -0.371. The number of carbonyl (C=O) groups is 2. The predicted octanol–water partition coefficient (Wildman–Crippen LogP) is 4.53. The molecule has 0 bridgehead atoms. The lowest BCUT2D eigenvalue weighted by Crippen LogP contribution is -2.39. The van der Waals surface area contributed by atoms with Gasteiger partial charge in [-0.25, -0.2) is 0 Å². The highest BCUT2D eigenvalue weighted by Gasteiger charge is 2.27. The standard InChI is InChI=1S/C18H21Cl2NO3S/c1-3-24-18(23)13-8-10-21(11-9-13)15(22)7-5-12-4-6-14(25-2)17(20)16(12)19/h4-7,13H,3,8-11H2,1-2H3/b7-5+. The van der Waals surface area contributed by atoms with E-state index < -0.39 is 0 Å². The number of carbonyl (C=O) groups excluding carboxylic acids is 2. The number of hydrogen-bond donors (Lipinski definition) is 0. The second-order valence-corrected chi connectivity index (χ2v) is 7.27. The molecule has 1 aromatic rings. The van der Waals surface area contributed by atoms with Crippen LogP contribution in [0.2, 0.25) is 10.0 Å². The molecule has 0 unspecified atom stereocenters. The summed E-state index contributed by atoms with van der Waals surface area (Å²) in [4.78, 5) is 26.7. The number of ether oxygens (including phenoxy) is 1. The van der Waals surface area contributed by atoms with Gasteiger partial charge in [0.1, 0.15) is 0 Å². The number of benzene rings is 1. The molecule has 1 aromatic carbocycles. The first-order chi connectivity index (χ1) is 12.0. The number of rotatable bonds is 5. The van der Waals surface area contributed by atoms with Crippen molar-refractivity contribution in [3.63, 3.8) is 0 Å². The number of piperidine rings is 1. The van der Waals surface area contributed by atoms with E-state index in [1.165, 1.54) is 17.8 Å². The van der Waals surface area contributed by atoms with Crippen molar-refractivity contribution in [2.75, 3.05) is 26.0 Å². The lowest BCUT2D eigenvalue weighted by Gasteiger charge is -2.30. The van der Waals surface area contributed by atoms with Gasteiger partial charge in [-0.2, -0.15) is 0 Å². The van der Waals surface area contributed by atoms with Gasteiger partial charge in [-0.05, 0) is 43.7 Å². The minimum atomic E-state index is -0.166. The topological polar surface area (TPSA) is 46.6 Å². The van der Waals surface area contributed by atoms with E-state index in [1.807, 2.05) is 18.4 Å². The van der Waals surface area contributed by atoms with E-state index >= 15 is 0 Å². The molecule has 4 nitrogen and oxygen atoms in total. The van der Waals surface area contributed by atoms with E-state index in [-0.39, 0.29) is 17.8 Å². The average molecular weight is 402 g/mol. The van der Waals surface area contributed by atoms with Crippen molar-refractivity contribution >= 4 is 52.9 Å². The molecule has 0 radical (unpaired) electrons. The second kappa shape index (κ2) is 9.51. The van der Waals surface area contributed by atoms with Crippen LogP contribution in [-0.4, -0.2) is 42.7 Å². The molecule has 1 heterocycles. The van der Waals surface area contributed by atoms with Crippen molar-refractivity contribution in [3.05, 3.63) is 33.8 Å². The van der Waals surface area contributed by atoms with Crippen molar-refractivity contribution in [1.29, 1.82) is 0 Å². The van der Waals surface area contributed by atoms with Crippen LogP contribution in [0.4, 0.5) is 0 Å². The Morgan fingerprint density at radius 1 is 1.28 bits per heavy atom. The largest absolute Gasteiger partial charge is 0.466 e. The molecule has 0 atom stereocenters. The van der Waals surface area contributed by atoms with Gasteiger partial charge in [0.2, 0.25) is 5.91 Å². The summed E-state index contributed by atoms with van der Waals surface area (Å²) in [5.41, 5.74) is 0.708. The van der Waals surface area contributed by atoms with Crippen molar-refractivity contribution in [2.24, 2.45) is 5.92 Å². The van der Waals surface area contributed by atoms with Crippen LogP contribution in [0.15, 0.2) is 23.1 Å². The molecule has 1 aliphatic heterocycles. The molecule has 1 saturated heterocycles. The van der Waals surface area contributed by atoms with Crippen molar-refractivity contribution < 1.29 is 14.3 Å². The molecule has 0 aliphatic carbocycles. The molecular formula is C18H21Cl2NO3S. The minimum absolute atomic E-state index is 0.0940. The first-order valence-corrected chi connectivity index (χ1v) is 10.1. The zero-order chi connectivity index (χ0) is 18.4. The van der Waals surface area contributed by atoms with Crippen LogP contribution in [0, 0.1) is 5.92 Å². The zero-order valence-electron chi connectivity index (χ0n) is 14.3. The molecule has 2 rings (SSSR count). The maximum atomic E-state index is 12.3. The number of likely N-dealkylation sites (tertiary alicyclic amines) is 1. The van der Waals surface area contributed by atoms with Gasteiger partial charge in [-0.3, -0.25) is 9.59 Å². The van der Waals surface area contributed by atoms with Crippen molar-refractivity contribution in [1.82, 2.24) is 4.90 Å². The lowest BCUT2D eigenvalue weighted by atomic mass is 9.97. The summed E-state index contributed by atoms with van der Waals surface area (Å²) in [5, 5.41) is 0.942. The molecule has 1 fully saturated rings. The fourth-order valence-corrected chi connectivity index (χ4v) is 3.87. The molecule has 0 N–H and O–H groups in total. The van der Waals surface area contributed by atoms with Crippen molar-refractivity contribution in [2.45, 2.75) is 24.7 Å². The number of thioether (sulfide) groups is 1. The summed E-state index contributed by atoms with van der Waals surface area (Å²) in [6.45, 7) is 3.28. The van der Waals surface area contributed by atoms with Crippen LogP contribution >= 0.6 is 35.0 Å². The summed E-state index contributed by atoms with van der Waals surface area (Å²) < 4.78 is 5.04. The van der Waals surface area contributed by atoms with Crippen LogP contribution in [-0.2, 0) is 14.3 Å². The van der Waals surface area contributed by atoms with Gasteiger partial charge < -0.3 is 9.64 Å². The van der Waals surface area contributed by atoms with Gasteiger partial charge in [-0.15, -0.1) is 11.8 Å². The molecule has 0 saturated carbocycles. The van der Waals surface area contributed by atoms with Gasteiger partial charge >= 0.3 is 5.97 Å². The van der Waals surface area contributed by atoms with E-state index in [0.29, 0.717) is 48.1 Å². The molecular weight excluding hydrogens is 381 g/mol. The highest BCUT2D eigenvalue weighted by atomic mass is 35.5. The van der Waals surface area contributed by atoms with E-state index in [2.05, 4.69) is 0 Å². The minimum Gasteiger partial charge on any atom is -0.466 e. The van der Waals surface area contributed by atoms with Crippen LogP contribution in [0.3, 0.4) is 0 Å². The predicted molar refractivity (Wildman–Crippen MR) is 103 cm³/mol.